The summed E-state index contributed by atoms with van der Waals surface area (Å²) < 4.78 is 21.7. The van der Waals surface area contributed by atoms with Crippen molar-refractivity contribution >= 4 is 40.3 Å². The molecule has 3 aromatic rings. The fraction of sp³-hybridized carbons (Fsp3) is 0.345. The van der Waals surface area contributed by atoms with Gasteiger partial charge in [0.05, 0.1) is 31.8 Å². The fourth-order valence-electron chi connectivity index (χ4n) is 5.25. The number of halogens is 2. The average Bonchev–Trinajstić information content (AvgIpc) is 3.43. The van der Waals surface area contributed by atoms with E-state index in [0.717, 1.165) is 11.1 Å². The molecular formula is C29H30Cl2N2O3S. The van der Waals surface area contributed by atoms with Crippen LogP contribution in [0.15, 0.2) is 66.7 Å². The predicted octanol–water partition coefficient (Wildman–Crippen LogP) is 7.11. The summed E-state index contributed by atoms with van der Waals surface area (Å²) in [5.74, 6) is -0.0329. The summed E-state index contributed by atoms with van der Waals surface area (Å²) in [5.41, 5.74) is 5.39. The summed E-state index contributed by atoms with van der Waals surface area (Å²) in [6, 6.07) is 21.2. The Morgan fingerprint density at radius 1 is 0.973 bits per heavy atom. The topological polar surface area (TPSA) is 58.6 Å². The maximum absolute atomic E-state index is 13.6. The van der Waals surface area contributed by atoms with Gasteiger partial charge < -0.3 is 4.74 Å². The molecule has 5 nitrogen and oxygen atoms in total. The number of hydrogen-bond acceptors (Lipinski definition) is 3. The zero-order valence-corrected chi connectivity index (χ0v) is 23.4. The molecule has 1 heterocycles. The molecule has 1 aliphatic carbocycles. The van der Waals surface area contributed by atoms with Gasteiger partial charge in [0, 0.05) is 18.5 Å². The zero-order valence-electron chi connectivity index (χ0n) is 21.0. The van der Waals surface area contributed by atoms with Gasteiger partial charge in [0.25, 0.3) is 0 Å². The highest BCUT2D eigenvalue weighted by atomic mass is 35.5. The molecule has 1 saturated heterocycles. The van der Waals surface area contributed by atoms with Gasteiger partial charge in [0.2, 0.25) is 0 Å². The lowest BCUT2D eigenvalue weighted by molar-refractivity contribution is 0.0939. The van der Waals surface area contributed by atoms with E-state index in [9.17, 15) is 9.00 Å². The Morgan fingerprint density at radius 3 is 2.19 bits per heavy atom. The van der Waals surface area contributed by atoms with Gasteiger partial charge in [0.1, 0.15) is 6.61 Å². The van der Waals surface area contributed by atoms with Crippen molar-refractivity contribution in [2.75, 3.05) is 13.2 Å². The molecule has 2 aliphatic rings. The van der Waals surface area contributed by atoms with Crippen LogP contribution in [0.2, 0.25) is 10.0 Å². The van der Waals surface area contributed by atoms with Gasteiger partial charge in [-0.05, 0) is 61.1 Å². The molecule has 194 valence electrons. The third-order valence-electron chi connectivity index (χ3n) is 7.08. The minimum Gasteiger partial charge on any atom is -0.448 e. The Balaban J connectivity index is 1.40. The lowest BCUT2D eigenvalue weighted by atomic mass is 9.98. The average molecular weight is 558 g/mol. The molecule has 1 fully saturated rings. The van der Waals surface area contributed by atoms with E-state index in [-0.39, 0.29) is 18.6 Å². The molecule has 0 spiro atoms. The quantitative estimate of drug-likeness (QED) is 0.364. The highest BCUT2D eigenvalue weighted by Gasteiger charge is 2.42. The third kappa shape index (κ3) is 5.05. The minimum absolute atomic E-state index is 0.0329. The number of hydrogen-bond donors (Lipinski definition) is 1. The molecule has 3 atom stereocenters. The monoisotopic (exact) mass is 556 g/mol. The molecule has 0 bridgehead atoms. The molecule has 0 radical (unpaired) electrons. The molecule has 8 heteroatoms. The number of benzene rings is 3. The van der Waals surface area contributed by atoms with Crippen LogP contribution in [0.5, 0.6) is 0 Å². The van der Waals surface area contributed by atoms with Crippen LogP contribution < -0.4 is 4.72 Å². The first-order valence-electron chi connectivity index (χ1n) is 12.4. The lowest BCUT2D eigenvalue weighted by Crippen LogP contribution is -2.44. The SMILES string of the molecule is CC(C)(C)[S@@](=O)N[C@@H]1CCN(C(=O)OCC2c3ccccc3-c3ccccc32)[C@@H]1c1cccc(Cl)c1Cl. The van der Waals surface area contributed by atoms with Crippen molar-refractivity contribution in [3.8, 4) is 11.1 Å². The summed E-state index contributed by atoms with van der Waals surface area (Å²) in [5, 5.41) is 0.801. The summed E-state index contributed by atoms with van der Waals surface area (Å²) in [4.78, 5) is 15.2. The number of carbonyl (C=O) groups is 1. The van der Waals surface area contributed by atoms with Crippen molar-refractivity contribution < 1.29 is 13.7 Å². The van der Waals surface area contributed by atoms with Crippen molar-refractivity contribution in [3.05, 3.63) is 93.5 Å². The highest BCUT2D eigenvalue weighted by Crippen LogP contribution is 2.45. The summed E-state index contributed by atoms with van der Waals surface area (Å²) in [6.07, 6.45) is 0.188. The van der Waals surface area contributed by atoms with E-state index in [0.29, 0.717) is 28.6 Å². The molecule has 3 aromatic carbocycles. The van der Waals surface area contributed by atoms with E-state index in [2.05, 4.69) is 29.0 Å². The van der Waals surface area contributed by atoms with E-state index >= 15 is 0 Å². The molecule has 1 aliphatic heterocycles. The van der Waals surface area contributed by atoms with Crippen LogP contribution in [0.4, 0.5) is 4.79 Å². The third-order valence-corrected chi connectivity index (χ3v) is 9.55. The second kappa shape index (κ2) is 10.4. The van der Waals surface area contributed by atoms with Crippen molar-refractivity contribution in [1.82, 2.24) is 9.62 Å². The van der Waals surface area contributed by atoms with Crippen LogP contribution in [0.1, 0.15) is 55.8 Å². The Hall–Kier alpha value is -2.38. The second-order valence-corrected chi connectivity index (χ2v) is 13.3. The normalized spacial score (nSPS) is 20.0. The van der Waals surface area contributed by atoms with E-state index in [4.69, 9.17) is 27.9 Å². The number of carbonyl (C=O) groups excluding carboxylic acids is 1. The van der Waals surface area contributed by atoms with Crippen LogP contribution in [0.25, 0.3) is 11.1 Å². The second-order valence-electron chi connectivity index (χ2n) is 10.5. The van der Waals surface area contributed by atoms with E-state index in [1.807, 2.05) is 57.2 Å². The highest BCUT2D eigenvalue weighted by molar-refractivity contribution is 7.84. The van der Waals surface area contributed by atoms with Crippen LogP contribution in [0.3, 0.4) is 0 Å². The predicted molar refractivity (Wildman–Crippen MR) is 150 cm³/mol. The number of amides is 1. The molecule has 1 amide bonds. The maximum atomic E-state index is 13.6. The molecule has 0 unspecified atom stereocenters. The number of fused-ring (bicyclic) bond motifs is 3. The molecular weight excluding hydrogens is 527 g/mol. The molecule has 5 rings (SSSR count). The molecule has 1 N–H and O–H groups in total. The Kier molecular flexibility index (Phi) is 7.38. The minimum atomic E-state index is -1.32. The summed E-state index contributed by atoms with van der Waals surface area (Å²) in [6.45, 7) is 6.41. The van der Waals surface area contributed by atoms with Gasteiger partial charge in [-0.25, -0.2) is 13.7 Å². The first-order chi connectivity index (χ1) is 17.7. The first kappa shape index (κ1) is 26.2. The zero-order chi connectivity index (χ0) is 26.3. The lowest BCUT2D eigenvalue weighted by Gasteiger charge is -2.31. The van der Waals surface area contributed by atoms with E-state index < -0.39 is 27.9 Å². The van der Waals surface area contributed by atoms with Crippen molar-refractivity contribution in [3.63, 3.8) is 0 Å². The number of ether oxygens (including phenoxy) is 1. The number of nitrogens with zero attached hydrogens (tertiary/aromatic N) is 1. The molecule has 0 saturated carbocycles. The Morgan fingerprint density at radius 2 is 1.57 bits per heavy atom. The van der Waals surface area contributed by atoms with Crippen LogP contribution in [-0.2, 0) is 15.7 Å². The maximum Gasteiger partial charge on any atom is 0.410 e. The van der Waals surface area contributed by atoms with Gasteiger partial charge >= 0.3 is 6.09 Å². The van der Waals surface area contributed by atoms with E-state index in [1.165, 1.54) is 11.1 Å². The van der Waals surface area contributed by atoms with Crippen molar-refractivity contribution in [2.45, 2.75) is 49.9 Å². The fourth-order valence-corrected chi connectivity index (χ4v) is 6.54. The van der Waals surface area contributed by atoms with Crippen molar-refractivity contribution in [1.29, 1.82) is 0 Å². The van der Waals surface area contributed by atoms with Crippen LogP contribution in [-0.4, -0.2) is 39.1 Å². The standard InChI is InChI=1S/C29H30Cl2N2O3S/c1-29(2,3)37(35)32-25-15-16-33(27(25)22-13-8-14-24(30)26(22)31)28(34)36-17-23-20-11-6-4-9-18(20)19-10-5-7-12-21(19)23/h4-14,23,25,27,32H,15-17H2,1-3H3/t25-,27-,37-/m1/s1. The largest absolute Gasteiger partial charge is 0.448 e. The Labute approximate surface area is 230 Å². The van der Waals surface area contributed by atoms with Gasteiger partial charge in [-0.2, -0.15) is 0 Å². The smallest absolute Gasteiger partial charge is 0.410 e. The number of likely N-dealkylation sites (tertiary alicyclic amines) is 1. The molecule has 0 aromatic heterocycles. The van der Waals surface area contributed by atoms with Gasteiger partial charge in [-0.1, -0.05) is 83.9 Å². The molecule has 37 heavy (non-hydrogen) atoms. The number of rotatable bonds is 5. The first-order valence-corrected chi connectivity index (χ1v) is 14.3. The van der Waals surface area contributed by atoms with Crippen molar-refractivity contribution in [2.24, 2.45) is 0 Å². The summed E-state index contributed by atoms with van der Waals surface area (Å²) >= 11 is 13.0. The number of nitrogens with one attached hydrogen (secondary N) is 1. The van der Waals surface area contributed by atoms with Crippen LogP contribution >= 0.6 is 23.2 Å². The van der Waals surface area contributed by atoms with Crippen LogP contribution in [0, 0.1) is 0 Å². The van der Waals surface area contributed by atoms with Gasteiger partial charge in [0.15, 0.2) is 0 Å². The van der Waals surface area contributed by atoms with Gasteiger partial charge in [-0.3, -0.25) is 4.90 Å². The summed E-state index contributed by atoms with van der Waals surface area (Å²) in [7, 11) is -1.32. The van der Waals surface area contributed by atoms with Gasteiger partial charge in [-0.15, -0.1) is 0 Å². The Bertz CT molecular complexity index is 1310. The van der Waals surface area contributed by atoms with E-state index in [1.54, 1.807) is 11.0 Å².